The van der Waals surface area contributed by atoms with Crippen LogP contribution in [0.5, 0.6) is 0 Å². The van der Waals surface area contributed by atoms with Crippen LogP contribution in [0.3, 0.4) is 0 Å². The molecule has 0 aliphatic carbocycles. The van der Waals surface area contributed by atoms with Crippen molar-refractivity contribution in [3.05, 3.63) is 28.2 Å². The second-order valence-electron chi connectivity index (χ2n) is 4.88. The lowest BCUT2D eigenvalue weighted by Gasteiger charge is -2.22. The molecule has 3 nitrogen and oxygen atoms in total. The standard InChI is InChI=1S/C14H18Cl2N2OS.ClH/c15-11-3-4-12(16)13(6-11)20-9-14(19)18-8-10-2-1-5-17-7-10;/h3-4,6,10,17H,1-2,5,7-9H2,(H,18,19);1H. The van der Waals surface area contributed by atoms with Crippen LogP contribution in [0.2, 0.25) is 10.0 Å². The maximum absolute atomic E-state index is 11.8. The summed E-state index contributed by atoms with van der Waals surface area (Å²) in [6.07, 6.45) is 2.37. The van der Waals surface area contributed by atoms with E-state index in [-0.39, 0.29) is 18.3 Å². The second-order valence-corrected chi connectivity index (χ2v) is 6.74. The minimum absolute atomic E-state index is 0. The third kappa shape index (κ3) is 6.66. The zero-order chi connectivity index (χ0) is 14.4. The van der Waals surface area contributed by atoms with Gasteiger partial charge in [-0.05, 0) is 50.0 Å². The quantitative estimate of drug-likeness (QED) is 0.779. The van der Waals surface area contributed by atoms with E-state index in [2.05, 4.69) is 10.6 Å². The summed E-state index contributed by atoms with van der Waals surface area (Å²) in [6, 6.07) is 5.27. The van der Waals surface area contributed by atoms with E-state index in [0.717, 1.165) is 24.5 Å². The van der Waals surface area contributed by atoms with E-state index in [9.17, 15) is 4.79 Å². The summed E-state index contributed by atoms with van der Waals surface area (Å²) in [4.78, 5) is 12.7. The van der Waals surface area contributed by atoms with Crippen molar-refractivity contribution in [1.29, 1.82) is 0 Å². The largest absolute Gasteiger partial charge is 0.355 e. The number of piperidine rings is 1. The zero-order valence-electron chi connectivity index (χ0n) is 11.5. The Kier molecular flexibility index (Phi) is 8.83. The zero-order valence-corrected chi connectivity index (χ0v) is 14.7. The molecule has 0 spiro atoms. The summed E-state index contributed by atoms with van der Waals surface area (Å²) in [7, 11) is 0. The fourth-order valence-electron chi connectivity index (χ4n) is 2.14. The number of nitrogens with one attached hydrogen (secondary N) is 2. The maximum Gasteiger partial charge on any atom is 0.230 e. The molecule has 2 N–H and O–H groups in total. The van der Waals surface area contributed by atoms with Crippen LogP contribution in [0.15, 0.2) is 23.1 Å². The van der Waals surface area contributed by atoms with Crippen molar-refractivity contribution >= 4 is 53.3 Å². The van der Waals surface area contributed by atoms with Crippen molar-refractivity contribution in [2.24, 2.45) is 5.92 Å². The number of carbonyl (C=O) groups is 1. The number of thioether (sulfide) groups is 1. The molecule has 0 bridgehead atoms. The van der Waals surface area contributed by atoms with Gasteiger partial charge in [0.2, 0.25) is 5.91 Å². The van der Waals surface area contributed by atoms with Gasteiger partial charge in [0.1, 0.15) is 0 Å². The molecule has 0 aromatic heterocycles. The van der Waals surface area contributed by atoms with Gasteiger partial charge in [-0.25, -0.2) is 0 Å². The van der Waals surface area contributed by atoms with Gasteiger partial charge in [-0.3, -0.25) is 4.79 Å². The fourth-order valence-corrected chi connectivity index (χ4v) is 3.46. The fraction of sp³-hybridized carbons (Fsp3) is 0.500. The number of hydrogen-bond acceptors (Lipinski definition) is 3. The van der Waals surface area contributed by atoms with Crippen LogP contribution in [0.1, 0.15) is 12.8 Å². The maximum atomic E-state index is 11.8. The second kappa shape index (κ2) is 9.80. The summed E-state index contributed by atoms with van der Waals surface area (Å²) in [5.74, 6) is 0.948. The number of halogens is 3. The molecule has 1 fully saturated rings. The molecule has 2 rings (SSSR count). The van der Waals surface area contributed by atoms with Crippen molar-refractivity contribution in [1.82, 2.24) is 10.6 Å². The van der Waals surface area contributed by atoms with Gasteiger partial charge in [-0.2, -0.15) is 0 Å². The first-order valence-electron chi connectivity index (χ1n) is 6.70. The van der Waals surface area contributed by atoms with E-state index in [1.54, 1.807) is 18.2 Å². The number of amides is 1. The van der Waals surface area contributed by atoms with E-state index < -0.39 is 0 Å². The Hall–Kier alpha value is -0.130. The van der Waals surface area contributed by atoms with Crippen LogP contribution in [-0.2, 0) is 4.79 Å². The first-order chi connectivity index (χ1) is 9.65. The van der Waals surface area contributed by atoms with Gasteiger partial charge in [-0.1, -0.05) is 23.2 Å². The van der Waals surface area contributed by atoms with Crippen LogP contribution in [0, 0.1) is 5.92 Å². The van der Waals surface area contributed by atoms with Crippen LogP contribution in [0.4, 0.5) is 0 Å². The summed E-state index contributed by atoms with van der Waals surface area (Å²) >= 11 is 13.4. The Labute approximate surface area is 145 Å². The summed E-state index contributed by atoms with van der Waals surface area (Å²) in [5, 5.41) is 7.58. The van der Waals surface area contributed by atoms with E-state index >= 15 is 0 Å². The molecule has 1 aromatic carbocycles. The molecule has 0 saturated carbocycles. The molecule has 1 saturated heterocycles. The summed E-state index contributed by atoms with van der Waals surface area (Å²) in [6.45, 7) is 2.83. The average molecular weight is 370 g/mol. The molecule has 1 aliphatic heterocycles. The molecule has 21 heavy (non-hydrogen) atoms. The van der Waals surface area contributed by atoms with Crippen molar-refractivity contribution in [2.75, 3.05) is 25.4 Å². The topological polar surface area (TPSA) is 41.1 Å². The minimum atomic E-state index is 0. The Morgan fingerprint density at radius 1 is 1.43 bits per heavy atom. The number of carbonyl (C=O) groups excluding carboxylic acids is 1. The highest BCUT2D eigenvalue weighted by Crippen LogP contribution is 2.29. The van der Waals surface area contributed by atoms with Crippen LogP contribution >= 0.6 is 47.4 Å². The van der Waals surface area contributed by atoms with Gasteiger partial charge in [-0.15, -0.1) is 24.2 Å². The average Bonchev–Trinajstić information content (AvgIpc) is 2.47. The highest BCUT2D eigenvalue weighted by atomic mass is 35.5. The number of rotatable bonds is 5. The highest BCUT2D eigenvalue weighted by Gasteiger charge is 2.14. The third-order valence-corrected chi connectivity index (χ3v) is 4.97. The third-order valence-electron chi connectivity index (χ3n) is 3.24. The van der Waals surface area contributed by atoms with E-state index in [4.69, 9.17) is 23.2 Å². The van der Waals surface area contributed by atoms with Gasteiger partial charge in [0.05, 0.1) is 10.8 Å². The summed E-state index contributed by atoms with van der Waals surface area (Å²) in [5.41, 5.74) is 0. The molecular weight excluding hydrogens is 351 g/mol. The number of hydrogen-bond donors (Lipinski definition) is 2. The molecule has 1 aliphatic rings. The van der Waals surface area contributed by atoms with E-state index in [1.807, 2.05) is 0 Å². The van der Waals surface area contributed by atoms with Gasteiger partial charge in [0, 0.05) is 16.5 Å². The molecule has 7 heteroatoms. The molecular formula is C14H19Cl3N2OS. The molecule has 1 aromatic rings. The Bertz CT molecular complexity index is 468. The van der Waals surface area contributed by atoms with Gasteiger partial charge < -0.3 is 10.6 Å². The monoisotopic (exact) mass is 368 g/mol. The number of benzene rings is 1. The predicted molar refractivity (Wildman–Crippen MR) is 93.0 cm³/mol. The lowest BCUT2D eigenvalue weighted by Crippen LogP contribution is -2.38. The van der Waals surface area contributed by atoms with E-state index in [1.165, 1.54) is 24.6 Å². The molecule has 118 valence electrons. The first-order valence-corrected chi connectivity index (χ1v) is 8.44. The normalized spacial score (nSPS) is 17.9. The van der Waals surface area contributed by atoms with Crippen LogP contribution in [0.25, 0.3) is 0 Å². The van der Waals surface area contributed by atoms with Crippen molar-refractivity contribution < 1.29 is 4.79 Å². The van der Waals surface area contributed by atoms with Gasteiger partial charge >= 0.3 is 0 Å². The molecule has 1 heterocycles. The lowest BCUT2D eigenvalue weighted by molar-refractivity contribution is -0.118. The van der Waals surface area contributed by atoms with Crippen molar-refractivity contribution in [2.45, 2.75) is 17.7 Å². The molecule has 1 atom stereocenters. The lowest BCUT2D eigenvalue weighted by atomic mass is 10.00. The van der Waals surface area contributed by atoms with Crippen molar-refractivity contribution in [3.8, 4) is 0 Å². The van der Waals surface area contributed by atoms with Crippen molar-refractivity contribution in [3.63, 3.8) is 0 Å². The SMILES string of the molecule is Cl.O=C(CSc1cc(Cl)ccc1Cl)NCC1CCCNC1. The van der Waals surface area contributed by atoms with E-state index in [0.29, 0.717) is 21.7 Å². The molecule has 1 unspecified atom stereocenters. The molecule has 1 amide bonds. The minimum Gasteiger partial charge on any atom is -0.355 e. The van der Waals surface area contributed by atoms with Gasteiger partial charge in [0.15, 0.2) is 0 Å². The van der Waals surface area contributed by atoms with Crippen LogP contribution in [-0.4, -0.2) is 31.3 Å². The van der Waals surface area contributed by atoms with Crippen LogP contribution < -0.4 is 10.6 Å². The highest BCUT2D eigenvalue weighted by molar-refractivity contribution is 8.00. The smallest absolute Gasteiger partial charge is 0.230 e. The molecule has 0 radical (unpaired) electrons. The first kappa shape index (κ1) is 18.9. The Morgan fingerprint density at radius 2 is 2.24 bits per heavy atom. The summed E-state index contributed by atoms with van der Waals surface area (Å²) < 4.78 is 0. The Balaban J connectivity index is 0.00000220. The predicted octanol–water partition coefficient (Wildman–Crippen LogP) is 3.62. The van der Waals surface area contributed by atoms with Gasteiger partial charge in [0.25, 0.3) is 0 Å². The Morgan fingerprint density at radius 3 is 2.95 bits per heavy atom.